The first-order chi connectivity index (χ1) is 14.3. The lowest BCUT2D eigenvalue weighted by Gasteiger charge is -2.39. The van der Waals surface area contributed by atoms with Gasteiger partial charge in [-0.2, -0.15) is 0 Å². The third kappa shape index (κ3) is 4.62. The number of nitrogens with one attached hydrogen (secondary N) is 1. The molecule has 1 aromatic heterocycles. The van der Waals surface area contributed by atoms with Crippen molar-refractivity contribution in [1.82, 2.24) is 19.8 Å². The van der Waals surface area contributed by atoms with Crippen molar-refractivity contribution < 1.29 is 0 Å². The van der Waals surface area contributed by atoms with E-state index in [1.54, 1.807) is 0 Å². The van der Waals surface area contributed by atoms with Crippen molar-refractivity contribution in [2.45, 2.75) is 39.4 Å². The Morgan fingerprint density at radius 1 is 0.966 bits per heavy atom. The lowest BCUT2D eigenvalue weighted by atomic mass is 10.2. The molecule has 1 fully saturated rings. The SMILES string of the molecule is CCCn1c(CNCC(C)N2CCN(c3ccccc3)CC2)nc2ccccc21. The van der Waals surface area contributed by atoms with Crippen molar-refractivity contribution in [2.24, 2.45) is 0 Å². The monoisotopic (exact) mass is 391 g/mol. The van der Waals surface area contributed by atoms with Gasteiger partial charge in [0.25, 0.3) is 0 Å². The molecule has 1 unspecified atom stereocenters. The Bertz CT molecular complexity index is 896. The number of nitrogens with zero attached hydrogens (tertiary/aromatic N) is 4. The average molecular weight is 392 g/mol. The molecule has 2 heterocycles. The molecule has 5 heteroatoms. The highest BCUT2D eigenvalue weighted by molar-refractivity contribution is 5.75. The number of anilines is 1. The highest BCUT2D eigenvalue weighted by Crippen LogP contribution is 2.18. The second kappa shape index (κ2) is 9.42. The minimum absolute atomic E-state index is 0.525. The summed E-state index contributed by atoms with van der Waals surface area (Å²) in [5.41, 5.74) is 3.69. The normalized spacial score (nSPS) is 16.4. The van der Waals surface area contributed by atoms with E-state index in [9.17, 15) is 0 Å². The fourth-order valence-corrected chi connectivity index (χ4v) is 4.32. The molecule has 0 saturated carbocycles. The summed E-state index contributed by atoms with van der Waals surface area (Å²) < 4.78 is 2.37. The first-order valence-corrected chi connectivity index (χ1v) is 10.9. The third-order valence-corrected chi connectivity index (χ3v) is 5.96. The number of benzene rings is 2. The molecule has 1 N–H and O–H groups in total. The van der Waals surface area contributed by atoms with Gasteiger partial charge in [0.05, 0.1) is 17.6 Å². The minimum atomic E-state index is 0.525. The maximum atomic E-state index is 4.86. The molecule has 29 heavy (non-hydrogen) atoms. The van der Waals surface area contributed by atoms with E-state index >= 15 is 0 Å². The molecule has 154 valence electrons. The summed E-state index contributed by atoms with van der Waals surface area (Å²) >= 11 is 0. The highest BCUT2D eigenvalue weighted by atomic mass is 15.3. The largest absolute Gasteiger partial charge is 0.369 e. The number of fused-ring (bicyclic) bond motifs is 1. The second-order valence-corrected chi connectivity index (χ2v) is 8.01. The van der Waals surface area contributed by atoms with Gasteiger partial charge in [0, 0.05) is 51.0 Å². The Hall–Kier alpha value is -2.37. The summed E-state index contributed by atoms with van der Waals surface area (Å²) in [5.74, 6) is 1.15. The summed E-state index contributed by atoms with van der Waals surface area (Å²) in [4.78, 5) is 9.95. The van der Waals surface area contributed by atoms with Gasteiger partial charge in [0.2, 0.25) is 0 Å². The number of rotatable bonds is 8. The molecule has 0 aliphatic carbocycles. The predicted molar refractivity (Wildman–Crippen MR) is 121 cm³/mol. The molecule has 2 aromatic carbocycles. The van der Waals surface area contributed by atoms with Gasteiger partial charge in [0.15, 0.2) is 0 Å². The Kier molecular flexibility index (Phi) is 6.47. The van der Waals surface area contributed by atoms with Crippen LogP contribution in [0.3, 0.4) is 0 Å². The van der Waals surface area contributed by atoms with Crippen LogP contribution in [0.5, 0.6) is 0 Å². The smallest absolute Gasteiger partial charge is 0.123 e. The zero-order valence-corrected chi connectivity index (χ0v) is 17.7. The van der Waals surface area contributed by atoms with Crippen LogP contribution in [0, 0.1) is 0 Å². The van der Waals surface area contributed by atoms with Crippen LogP contribution in [-0.4, -0.2) is 53.2 Å². The molecule has 5 nitrogen and oxygen atoms in total. The number of para-hydroxylation sites is 3. The number of hydrogen-bond acceptors (Lipinski definition) is 4. The first-order valence-electron chi connectivity index (χ1n) is 10.9. The molecule has 1 saturated heterocycles. The second-order valence-electron chi connectivity index (χ2n) is 8.01. The van der Waals surface area contributed by atoms with E-state index in [2.05, 4.69) is 88.1 Å². The molecule has 1 aliphatic heterocycles. The molecule has 3 aromatic rings. The quantitative estimate of drug-likeness (QED) is 0.635. The van der Waals surface area contributed by atoms with Crippen LogP contribution in [0.2, 0.25) is 0 Å². The van der Waals surface area contributed by atoms with Crippen molar-refractivity contribution in [3.05, 3.63) is 60.4 Å². The van der Waals surface area contributed by atoms with Crippen molar-refractivity contribution in [2.75, 3.05) is 37.6 Å². The van der Waals surface area contributed by atoms with Gasteiger partial charge in [-0.15, -0.1) is 0 Å². The fourth-order valence-electron chi connectivity index (χ4n) is 4.32. The molecule has 1 aliphatic rings. The molecule has 4 rings (SSSR count). The first kappa shape index (κ1) is 19.9. The molecule has 0 amide bonds. The molecule has 0 spiro atoms. The minimum Gasteiger partial charge on any atom is -0.369 e. The van der Waals surface area contributed by atoms with E-state index in [0.29, 0.717) is 6.04 Å². The van der Waals surface area contributed by atoms with Gasteiger partial charge < -0.3 is 14.8 Å². The average Bonchev–Trinajstić information content (AvgIpc) is 3.12. The highest BCUT2D eigenvalue weighted by Gasteiger charge is 2.21. The van der Waals surface area contributed by atoms with E-state index < -0.39 is 0 Å². The van der Waals surface area contributed by atoms with Crippen LogP contribution in [-0.2, 0) is 13.1 Å². The van der Waals surface area contributed by atoms with E-state index in [-0.39, 0.29) is 0 Å². The van der Waals surface area contributed by atoms with E-state index in [4.69, 9.17) is 4.98 Å². The van der Waals surface area contributed by atoms with Crippen molar-refractivity contribution in [1.29, 1.82) is 0 Å². The standard InChI is InChI=1S/C24H33N5/c1-3-13-29-23-12-8-7-11-22(23)26-24(29)19-25-18-20(2)27-14-16-28(17-15-27)21-9-5-4-6-10-21/h4-12,20,25H,3,13-19H2,1-2H3. The van der Waals surface area contributed by atoms with Gasteiger partial charge >= 0.3 is 0 Å². The maximum Gasteiger partial charge on any atom is 0.123 e. The summed E-state index contributed by atoms with van der Waals surface area (Å²) in [6, 6.07) is 19.7. The number of piperazine rings is 1. The number of aryl methyl sites for hydroxylation is 1. The lowest BCUT2D eigenvalue weighted by Crippen LogP contribution is -2.52. The summed E-state index contributed by atoms with van der Waals surface area (Å²) in [7, 11) is 0. The number of imidazole rings is 1. The van der Waals surface area contributed by atoms with Crippen LogP contribution < -0.4 is 10.2 Å². The van der Waals surface area contributed by atoms with Crippen LogP contribution in [0.1, 0.15) is 26.1 Å². The maximum absolute atomic E-state index is 4.86. The van der Waals surface area contributed by atoms with Gasteiger partial charge in [-0.1, -0.05) is 37.3 Å². The molecule has 0 bridgehead atoms. The molecular formula is C24H33N5. The predicted octanol–water partition coefficient (Wildman–Crippen LogP) is 3.75. The zero-order chi connectivity index (χ0) is 20.1. The van der Waals surface area contributed by atoms with Crippen LogP contribution in [0.25, 0.3) is 11.0 Å². The molecule has 0 radical (unpaired) electrons. The Balaban J connectivity index is 1.29. The van der Waals surface area contributed by atoms with Gasteiger partial charge in [0.1, 0.15) is 5.82 Å². The molecular weight excluding hydrogens is 358 g/mol. The van der Waals surface area contributed by atoms with Crippen molar-refractivity contribution in [3.63, 3.8) is 0 Å². The topological polar surface area (TPSA) is 36.3 Å². The molecule has 1 atom stereocenters. The third-order valence-electron chi connectivity index (χ3n) is 5.96. The van der Waals surface area contributed by atoms with Crippen molar-refractivity contribution in [3.8, 4) is 0 Å². The summed E-state index contributed by atoms with van der Waals surface area (Å²) in [5, 5.41) is 3.66. The summed E-state index contributed by atoms with van der Waals surface area (Å²) in [6.45, 7) is 11.8. The van der Waals surface area contributed by atoms with Crippen LogP contribution >= 0.6 is 0 Å². The zero-order valence-electron chi connectivity index (χ0n) is 17.7. The van der Waals surface area contributed by atoms with Gasteiger partial charge in [-0.3, -0.25) is 4.90 Å². The van der Waals surface area contributed by atoms with E-state index in [0.717, 1.165) is 63.6 Å². The van der Waals surface area contributed by atoms with Gasteiger partial charge in [-0.05, 0) is 37.6 Å². The van der Waals surface area contributed by atoms with E-state index in [1.165, 1.54) is 11.2 Å². The fraction of sp³-hybridized carbons (Fsp3) is 0.458. The van der Waals surface area contributed by atoms with E-state index in [1.807, 2.05) is 0 Å². The van der Waals surface area contributed by atoms with Gasteiger partial charge in [-0.25, -0.2) is 4.98 Å². The Labute approximate surface area is 174 Å². The Morgan fingerprint density at radius 2 is 1.69 bits per heavy atom. The Morgan fingerprint density at radius 3 is 2.45 bits per heavy atom. The van der Waals surface area contributed by atoms with Crippen molar-refractivity contribution >= 4 is 16.7 Å². The summed E-state index contributed by atoms with van der Waals surface area (Å²) in [6.07, 6.45) is 1.12. The number of aromatic nitrogens is 2. The lowest BCUT2D eigenvalue weighted by molar-refractivity contribution is 0.192. The number of hydrogen-bond donors (Lipinski definition) is 1. The van der Waals surface area contributed by atoms with Crippen LogP contribution in [0.4, 0.5) is 5.69 Å². The van der Waals surface area contributed by atoms with Crippen LogP contribution in [0.15, 0.2) is 54.6 Å².